The number of carbonyl (C=O) groups excluding carboxylic acids is 1. The summed E-state index contributed by atoms with van der Waals surface area (Å²) in [7, 11) is 0. The Hall–Kier alpha value is -1.79. The monoisotopic (exact) mass is 526 g/mol. The fraction of sp³-hybridized carbons (Fsp3) is 0.579. The highest BCUT2D eigenvalue weighted by Gasteiger charge is 2.76. The number of hydrogen-bond acceptors (Lipinski definition) is 4. The number of halogens is 9. The topological polar surface area (TPSA) is 62.1 Å². The summed E-state index contributed by atoms with van der Waals surface area (Å²) in [5.41, 5.74) is -6.19. The van der Waals surface area contributed by atoms with Crippen LogP contribution in [-0.4, -0.2) is 51.6 Å². The highest BCUT2D eigenvalue weighted by atomic mass is 35.5. The van der Waals surface area contributed by atoms with Crippen LogP contribution >= 0.6 is 23.2 Å². The molecule has 5 nitrogen and oxygen atoms in total. The molecule has 1 aromatic carbocycles. The fourth-order valence-corrected chi connectivity index (χ4v) is 3.33. The maximum atomic E-state index is 14.3. The normalized spacial score (nSPS) is 21.2. The molecule has 1 amide bonds. The molecule has 1 aliphatic heterocycles. The molecule has 0 saturated heterocycles. The van der Waals surface area contributed by atoms with E-state index in [-0.39, 0.29) is 20.8 Å². The standard InChI is InChI=1S/C19H19Cl2F7N2O3/c1-9(33-12-6-5-10(20)7-11(12)21)14(31)30-16(32,15(2,3)4)8-13(29-30)17(22,23)18(24,25)19(26,27)28/h5-7,9,32H,8H2,1-4H3/t9-,16-/m0/s1. The van der Waals surface area contributed by atoms with E-state index in [4.69, 9.17) is 27.9 Å². The summed E-state index contributed by atoms with van der Waals surface area (Å²) in [6.07, 6.45) is -9.65. The van der Waals surface area contributed by atoms with Gasteiger partial charge in [-0.1, -0.05) is 44.0 Å². The van der Waals surface area contributed by atoms with Crippen molar-refractivity contribution in [3.05, 3.63) is 28.2 Å². The van der Waals surface area contributed by atoms with Crippen molar-refractivity contribution in [1.29, 1.82) is 0 Å². The van der Waals surface area contributed by atoms with E-state index in [1.807, 2.05) is 0 Å². The second-order valence-corrected chi connectivity index (χ2v) is 9.27. The SMILES string of the molecule is C[C@H](Oc1ccc(Cl)cc1Cl)C(=O)N1N=C(C(F)(F)C(F)(F)C(F)(F)F)C[C@]1(O)C(C)(C)C. The maximum absolute atomic E-state index is 14.3. The van der Waals surface area contributed by atoms with Gasteiger partial charge < -0.3 is 9.84 Å². The number of amides is 1. The average Bonchev–Trinajstić information content (AvgIpc) is 3.01. The minimum atomic E-state index is -6.61. The van der Waals surface area contributed by atoms with Crippen molar-refractivity contribution in [2.75, 3.05) is 0 Å². The molecule has 0 aliphatic carbocycles. The first-order valence-corrected chi connectivity index (χ1v) is 10.0. The van der Waals surface area contributed by atoms with E-state index in [9.17, 15) is 40.6 Å². The molecule has 0 unspecified atom stereocenters. The van der Waals surface area contributed by atoms with Gasteiger partial charge in [0.1, 0.15) is 11.5 Å². The van der Waals surface area contributed by atoms with Crippen LogP contribution < -0.4 is 4.74 Å². The van der Waals surface area contributed by atoms with Gasteiger partial charge in [-0.15, -0.1) is 0 Å². The Labute approximate surface area is 194 Å². The van der Waals surface area contributed by atoms with Crippen molar-refractivity contribution in [3.63, 3.8) is 0 Å². The first-order valence-electron chi connectivity index (χ1n) is 9.25. The summed E-state index contributed by atoms with van der Waals surface area (Å²) in [4.78, 5) is 12.9. The van der Waals surface area contributed by atoms with Crippen molar-refractivity contribution in [2.45, 2.75) is 64.0 Å². The highest BCUT2D eigenvalue weighted by molar-refractivity contribution is 6.35. The first kappa shape index (κ1) is 27.5. The van der Waals surface area contributed by atoms with Crippen LogP contribution in [0.15, 0.2) is 23.3 Å². The molecule has 0 radical (unpaired) electrons. The minimum Gasteiger partial charge on any atom is -0.479 e. The van der Waals surface area contributed by atoms with Gasteiger partial charge in [0.2, 0.25) is 0 Å². The molecule has 0 saturated carbocycles. The number of alkyl halides is 7. The van der Waals surface area contributed by atoms with Crippen LogP contribution in [0, 0.1) is 5.41 Å². The number of nitrogens with zero attached hydrogens (tertiary/aromatic N) is 2. The first-order chi connectivity index (χ1) is 14.7. The lowest BCUT2D eigenvalue weighted by atomic mass is 9.79. The Morgan fingerprint density at radius 3 is 2.15 bits per heavy atom. The van der Waals surface area contributed by atoms with Crippen LogP contribution in [0.4, 0.5) is 30.7 Å². The molecule has 1 aliphatic rings. The van der Waals surface area contributed by atoms with E-state index in [0.29, 0.717) is 0 Å². The van der Waals surface area contributed by atoms with Crippen molar-refractivity contribution in [3.8, 4) is 5.75 Å². The summed E-state index contributed by atoms with van der Waals surface area (Å²) in [5, 5.41) is 14.3. The van der Waals surface area contributed by atoms with Gasteiger partial charge >= 0.3 is 18.0 Å². The highest BCUT2D eigenvalue weighted by Crippen LogP contribution is 2.51. The quantitative estimate of drug-likeness (QED) is 0.484. The number of carbonyl (C=O) groups is 1. The Morgan fingerprint density at radius 2 is 1.70 bits per heavy atom. The van der Waals surface area contributed by atoms with Crippen molar-refractivity contribution in [2.24, 2.45) is 10.5 Å². The van der Waals surface area contributed by atoms with Gasteiger partial charge in [-0.2, -0.15) is 40.8 Å². The molecule has 0 fully saturated rings. The molecule has 33 heavy (non-hydrogen) atoms. The van der Waals surface area contributed by atoms with Crippen molar-refractivity contribution >= 4 is 34.8 Å². The second-order valence-electron chi connectivity index (χ2n) is 8.42. The van der Waals surface area contributed by atoms with Gasteiger partial charge in [0.05, 0.1) is 5.02 Å². The zero-order valence-electron chi connectivity index (χ0n) is 17.6. The third-order valence-electron chi connectivity index (χ3n) is 5.05. The predicted octanol–water partition coefficient (Wildman–Crippen LogP) is 5.92. The minimum absolute atomic E-state index is 0.0322. The molecule has 186 valence electrons. The maximum Gasteiger partial charge on any atom is 0.460 e. The number of benzene rings is 1. The van der Waals surface area contributed by atoms with Gasteiger partial charge in [-0.05, 0) is 25.1 Å². The van der Waals surface area contributed by atoms with Gasteiger partial charge in [0, 0.05) is 16.9 Å². The predicted molar refractivity (Wildman–Crippen MR) is 106 cm³/mol. The van der Waals surface area contributed by atoms with Crippen LogP contribution in [0.25, 0.3) is 0 Å². The smallest absolute Gasteiger partial charge is 0.460 e. The van der Waals surface area contributed by atoms with Crippen molar-refractivity contribution in [1.82, 2.24) is 5.01 Å². The van der Waals surface area contributed by atoms with E-state index in [2.05, 4.69) is 5.10 Å². The van der Waals surface area contributed by atoms with Crippen LogP contribution in [0.3, 0.4) is 0 Å². The molecule has 14 heteroatoms. The summed E-state index contributed by atoms with van der Waals surface area (Å²) in [6, 6.07) is 3.91. The molecule has 1 heterocycles. The number of ether oxygens (including phenoxy) is 1. The lowest BCUT2D eigenvalue weighted by Crippen LogP contribution is -2.59. The van der Waals surface area contributed by atoms with Gasteiger partial charge in [-0.25, -0.2) is 0 Å². The van der Waals surface area contributed by atoms with E-state index in [1.165, 1.54) is 39.0 Å². The van der Waals surface area contributed by atoms with Gasteiger partial charge in [-0.3, -0.25) is 4.79 Å². The lowest BCUT2D eigenvalue weighted by molar-refractivity contribution is -0.336. The fourth-order valence-electron chi connectivity index (χ4n) is 2.88. The van der Waals surface area contributed by atoms with E-state index >= 15 is 0 Å². The molecular formula is C19H19Cl2F7N2O3. The summed E-state index contributed by atoms with van der Waals surface area (Å²) in [6.45, 7) is 4.89. The second kappa shape index (κ2) is 8.46. The van der Waals surface area contributed by atoms with E-state index in [0.717, 1.165) is 6.92 Å². The number of aliphatic hydroxyl groups is 1. The third kappa shape index (κ3) is 4.74. The molecule has 0 spiro atoms. The Morgan fingerprint density at radius 1 is 1.15 bits per heavy atom. The Bertz CT molecular complexity index is 964. The number of rotatable bonds is 5. The molecule has 1 N–H and O–H groups in total. The number of hydrazone groups is 1. The van der Waals surface area contributed by atoms with Gasteiger partial charge in [0.25, 0.3) is 5.91 Å². The lowest BCUT2D eigenvalue weighted by Gasteiger charge is -2.42. The zero-order valence-corrected chi connectivity index (χ0v) is 19.1. The van der Waals surface area contributed by atoms with Crippen LogP contribution in [-0.2, 0) is 4.79 Å². The summed E-state index contributed by atoms with van der Waals surface area (Å²) >= 11 is 11.7. The van der Waals surface area contributed by atoms with E-state index in [1.54, 1.807) is 0 Å². The Kier molecular flexibility index (Phi) is 7.04. The largest absolute Gasteiger partial charge is 0.479 e. The Balaban J connectivity index is 2.48. The van der Waals surface area contributed by atoms with Crippen LogP contribution in [0.2, 0.25) is 10.0 Å². The van der Waals surface area contributed by atoms with Crippen molar-refractivity contribution < 1.29 is 45.4 Å². The summed E-state index contributed by atoms with van der Waals surface area (Å²) in [5.74, 6) is -13.7. The molecule has 2 rings (SSSR count). The average molecular weight is 527 g/mol. The van der Waals surface area contributed by atoms with E-state index < -0.39 is 53.3 Å². The third-order valence-corrected chi connectivity index (χ3v) is 5.58. The van der Waals surface area contributed by atoms with Crippen LogP contribution in [0.5, 0.6) is 5.75 Å². The van der Waals surface area contributed by atoms with Crippen LogP contribution in [0.1, 0.15) is 34.1 Å². The molecule has 2 atom stereocenters. The zero-order chi connectivity index (χ0) is 25.8. The van der Waals surface area contributed by atoms with Gasteiger partial charge in [0.15, 0.2) is 11.8 Å². The molecule has 0 aromatic heterocycles. The summed E-state index contributed by atoms with van der Waals surface area (Å²) < 4.78 is 99.0. The molecular weight excluding hydrogens is 508 g/mol. The molecule has 1 aromatic rings. The number of hydrogen-bond donors (Lipinski definition) is 1. The molecule has 0 bridgehead atoms.